The van der Waals surface area contributed by atoms with E-state index in [4.69, 9.17) is 22.9 Å². The van der Waals surface area contributed by atoms with Crippen molar-refractivity contribution in [3.05, 3.63) is 71.8 Å². The molecule has 3 atom stereocenters. The minimum atomic E-state index is -1.08. The fourth-order valence-corrected chi connectivity index (χ4v) is 3.84. The number of carbonyl (C=O) groups excluding carboxylic acids is 4. The molecule has 11 N–H and O–H groups in total. The van der Waals surface area contributed by atoms with Gasteiger partial charge in [0.25, 0.3) is 5.91 Å². The Bertz CT molecular complexity index is 1110. The Hall–Kier alpha value is -4.45. The summed E-state index contributed by atoms with van der Waals surface area (Å²) < 4.78 is 0. The van der Waals surface area contributed by atoms with Crippen molar-refractivity contribution in [1.29, 1.82) is 0 Å². The maximum absolute atomic E-state index is 13.4. The fourth-order valence-electron chi connectivity index (χ4n) is 3.84. The second kappa shape index (κ2) is 16.4. The number of aliphatic imine (C=N–C) groups is 1. The first-order chi connectivity index (χ1) is 18.7. The van der Waals surface area contributed by atoms with Crippen LogP contribution in [0.5, 0.6) is 0 Å². The molecule has 2 rings (SSSR count). The van der Waals surface area contributed by atoms with Gasteiger partial charge in [-0.3, -0.25) is 24.2 Å². The number of rotatable bonds is 16. The molecular formula is C27H38N8O4. The Labute approximate surface area is 228 Å². The number of primary amides is 1. The lowest BCUT2D eigenvalue weighted by Crippen LogP contribution is -2.54. The number of guanidine groups is 1. The lowest BCUT2D eigenvalue weighted by Gasteiger charge is -2.25. The summed E-state index contributed by atoms with van der Waals surface area (Å²) in [4.78, 5) is 55.5. The summed E-state index contributed by atoms with van der Waals surface area (Å²) in [5.41, 5.74) is 22.8. The standard InChI is InChI=1S/C27H38N8O4/c28-16-8-7-14-20(26(39)35-22(23(29)36)18-10-3-1-4-11-18)34-25(38)21(15-9-17-32-27(30)31)33-24(37)19-12-5-2-6-13-19/h1-6,10-13,20-22H,7-9,14-17,28H2,(H2,29,36)(H,33,37)(H,34,38)(H,35,39)(H4,30,31,32)/t20-,21-,22+/m0/s1. The van der Waals surface area contributed by atoms with Gasteiger partial charge in [0.05, 0.1) is 0 Å². The van der Waals surface area contributed by atoms with E-state index in [1.54, 1.807) is 60.7 Å². The van der Waals surface area contributed by atoms with E-state index in [0.717, 1.165) is 0 Å². The molecule has 210 valence electrons. The zero-order chi connectivity index (χ0) is 28.6. The Morgan fingerprint density at radius 3 is 1.87 bits per heavy atom. The van der Waals surface area contributed by atoms with Crippen molar-refractivity contribution in [2.75, 3.05) is 13.1 Å². The lowest BCUT2D eigenvalue weighted by molar-refractivity contribution is -0.132. The predicted molar refractivity (Wildman–Crippen MR) is 149 cm³/mol. The maximum Gasteiger partial charge on any atom is 0.251 e. The van der Waals surface area contributed by atoms with Crippen LogP contribution in [-0.2, 0) is 14.4 Å². The number of nitrogens with two attached hydrogens (primary N) is 4. The molecule has 0 unspecified atom stereocenters. The molecule has 0 aliphatic carbocycles. The molecular weight excluding hydrogens is 500 g/mol. The molecule has 0 aromatic heterocycles. The van der Waals surface area contributed by atoms with E-state index in [2.05, 4.69) is 20.9 Å². The smallest absolute Gasteiger partial charge is 0.251 e. The summed E-state index contributed by atoms with van der Waals surface area (Å²) in [7, 11) is 0. The molecule has 0 radical (unpaired) electrons. The van der Waals surface area contributed by atoms with Gasteiger partial charge in [0.2, 0.25) is 17.7 Å². The van der Waals surface area contributed by atoms with Crippen molar-refractivity contribution >= 4 is 29.6 Å². The number of amides is 4. The number of benzene rings is 2. The van der Waals surface area contributed by atoms with E-state index in [9.17, 15) is 19.2 Å². The topological polar surface area (TPSA) is 221 Å². The van der Waals surface area contributed by atoms with E-state index < -0.39 is 41.8 Å². The molecule has 0 bridgehead atoms. The predicted octanol–water partition coefficient (Wildman–Crippen LogP) is -0.205. The Morgan fingerprint density at radius 1 is 0.718 bits per heavy atom. The van der Waals surface area contributed by atoms with E-state index in [1.807, 2.05) is 0 Å². The monoisotopic (exact) mass is 538 g/mol. The number of carbonyl (C=O) groups is 4. The number of nitrogens with one attached hydrogen (secondary N) is 3. The number of unbranched alkanes of at least 4 members (excludes halogenated alkanes) is 1. The molecule has 0 aliphatic heterocycles. The van der Waals surface area contributed by atoms with Crippen LogP contribution in [0.1, 0.15) is 54.1 Å². The van der Waals surface area contributed by atoms with E-state index in [0.29, 0.717) is 36.9 Å². The van der Waals surface area contributed by atoms with Crippen LogP contribution in [0.25, 0.3) is 0 Å². The van der Waals surface area contributed by atoms with Crippen LogP contribution in [0.15, 0.2) is 65.7 Å². The first-order valence-corrected chi connectivity index (χ1v) is 12.8. The van der Waals surface area contributed by atoms with Crippen LogP contribution in [0.4, 0.5) is 0 Å². The average molecular weight is 539 g/mol. The first kappa shape index (κ1) is 30.8. The van der Waals surface area contributed by atoms with Gasteiger partial charge in [0, 0.05) is 12.1 Å². The van der Waals surface area contributed by atoms with Crippen LogP contribution < -0.4 is 38.9 Å². The molecule has 39 heavy (non-hydrogen) atoms. The average Bonchev–Trinajstić information content (AvgIpc) is 2.93. The van der Waals surface area contributed by atoms with Crippen LogP contribution >= 0.6 is 0 Å². The van der Waals surface area contributed by atoms with Crippen molar-refractivity contribution in [3.63, 3.8) is 0 Å². The van der Waals surface area contributed by atoms with Crippen molar-refractivity contribution in [3.8, 4) is 0 Å². The highest BCUT2D eigenvalue weighted by Gasteiger charge is 2.29. The summed E-state index contributed by atoms with van der Waals surface area (Å²) in [6, 6.07) is 14.0. The normalized spacial score (nSPS) is 12.8. The molecule has 0 saturated carbocycles. The molecule has 0 saturated heterocycles. The molecule has 0 aliphatic rings. The van der Waals surface area contributed by atoms with Gasteiger partial charge in [0.15, 0.2) is 5.96 Å². The Morgan fingerprint density at radius 2 is 1.28 bits per heavy atom. The van der Waals surface area contributed by atoms with Crippen LogP contribution in [0, 0.1) is 0 Å². The highest BCUT2D eigenvalue weighted by Crippen LogP contribution is 2.13. The molecule has 2 aromatic rings. The molecule has 0 fully saturated rings. The summed E-state index contributed by atoms with van der Waals surface area (Å²) in [6.07, 6.45) is 2.05. The minimum absolute atomic E-state index is 0.0802. The molecule has 4 amide bonds. The second-order valence-corrected chi connectivity index (χ2v) is 8.94. The number of hydrogen-bond donors (Lipinski definition) is 7. The van der Waals surface area contributed by atoms with Crippen molar-refractivity contribution in [1.82, 2.24) is 16.0 Å². The molecule has 12 nitrogen and oxygen atoms in total. The fraction of sp³-hybridized carbons (Fsp3) is 0.370. The van der Waals surface area contributed by atoms with Crippen molar-refractivity contribution in [2.45, 2.75) is 50.2 Å². The Balaban J connectivity index is 2.20. The van der Waals surface area contributed by atoms with Gasteiger partial charge < -0.3 is 38.9 Å². The van der Waals surface area contributed by atoms with Gasteiger partial charge in [-0.15, -0.1) is 0 Å². The summed E-state index contributed by atoms with van der Waals surface area (Å²) in [6.45, 7) is 0.669. The zero-order valence-corrected chi connectivity index (χ0v) is 21.8. The third kappa shape index (κ3) is 10.8. The highest BCUT2D eigenvalue weighted by molar-refractivity contribution is 5.98. The molecule has 2 aromatic carbocycles. The highest BCUT2D eigenvalue weighted by atomic mass is 16.2. The second-order valence-electron chi connectivity index (χ2n) is 8.94. The number of nitrogens with zero attached hydrogens (tertiary/aromatic N) is 1. The molecule has 12 heteroatoms. The van der Waals surface area contributed by atoms with Gasteiger partial charge in [0.1, 0.15) is 18.1 Å². The van der Waals surface area contributed by atoms with Gasteiger partial charge >= 0.3 is 0 Å². The third-order valence-electron chi connectivity index (χ3n) is 5.89. The van der Waals surface area contributed by atoms with E-state index in [-0.39, 0.29) is 25.3 Å². The van der Waals surface area contributed by atoms with Crippen molar-refractivity contribution < 1.29 is 19.2 Å². The first-order valence-electron chi connectivity index (χ1n) is 12.8. The quantitative estimate of drug-likeness (QED) is 0.0865. The van der Waals surface area contributed by atoms with E-state index >= 15 is 0 Å². The SMILES string of the molecule is NCCCC[C@H](NC(=O)[C@H](CCCN=C(N)N)NC(=O)c1ccccc1)C(=O)N[C@@H](C(N)=O)c1ccccc1. The van der Waals surface area contributed by atoms with Crippen LogP contribution in [0.3, 0.4) is 0 Å². The minimum Gasteiger partial charge on any atom is -0.370 e. The largest absolute Gasteiger partial charge is 0.370 e. The van der Waals surface area contributed by atoms with Gasteiger partial charge in [-0.2, -0.15) is 0 Å². The van der Waals surface area contributed by atoms with Gasteiger partial charge in [-0.25, -0.2) is 0 Å². The number of hydrogen-bond acceptors (Lipinski definition) is 6. The maximum atomic E-state index is 13.4. The lowest BCUT2D eigenvalue weighted by atomic mass is 10.0. The van der Waals surface area contributed by atoms with E-state index in [1.165, 1.54) is 0 Å². The molecule has 0 heterocycles. The molecule has 0 spiro atoms. The summed E-state index contributed by atoms with van der Waals surface area (Å²) >= 11 is 0. The van der Waals surface area contributed by atoms with Crippen LogP contribution in [0.2, 0.25) is 0 Å². The van der Waals surface area contributed by atoms with Gasteiger partial charge in [-0.1, -0.05) is 48.5 Å². The van der Waals surface area contributed by atoms with Crippen LogP contribution in [-0.4, -0.2) is 54.8 Å². The Kier molecular flexibility index (Phi) is 12.9. The third-order valence-corrected chi connectivity index (χ3v) is 5.89. The zero-order valence-electron chi connectivity index (χ0n) is 21.8. The van der Waals surface area contributed by atoms with Crippen molar-refractivity contribution in [2.24, 2.45) is 27.9 Å². The summed E-state index contributed by atoms with van der Waals surface area (Å²) in [5, 5.41) is 8.11. The summed E-state index contributed by atoms with van der Waals surface area (Å²) in [5.74, 6) is -2.41. The van der Waals surface area contributed by atoms with Gasteiger partial charge in [-0.05, 0) is 56.3 Å².